The quantitative estimate of drug-likeness (QED) is 0.722. The van der Waals surface area contributed by atoms with Crippen LogP contribution in [0.4, 0.5) is 4.39 Å². The van der Waals surface area contributed by atoms with Crippen LogP contribution in [0.2, 0.25) is 0 Å². The summed E-state index contributed by atoms with van der Waals surface area (Å²) in [6, 6.07) is 6.17. The molecular formula is C15H19FO4. The molecule has 1 rings (SSSR count). The lowest BCUT2D eigenvalue weighted by molar-refractivity contribution is -0.141. The molecule has 4 nitrogen and oxygen atoms in total. The number of ether oxygens (including phenoxy) is 2. The summed E-state index contributed by atoms with van der Waals surface area (Å²) >= 11 is 0. The van der Waals surface area contributed by atoms with Gasteiger partial charge in [0.25, 0.3) is 0 Å². The molecule has 0 amide bonds. The Balaban J connectivity index is 2.60. The van der Waals surface area contributed by atoms with Crippen molar-refractivity contribution >= 4 is 11.9 Å². The fourth-order valence-electron chi connectivity index (χ4n) is 1.90. The number of carbonyl (C=O) groups is 2. The predicted octanol–water partition coefficient (Wildman–Crippen LogP) is 2.82. The minimum Gasteiger partial charge on any atom is -0.466 e. The minimum atomic E-state index is -0.331. The van der Waals surface area contributed by atoms with Crippen LogP contribution in [0.15, 0.2) is 24.3 Å². The van der Waals surface area contributed by atoms with Crippen LogP contribution >= 0.6 is 0 Å². The molecule has 20 heavy (non-hydrogen) atoms. The Labute approximate surface area is 117 Å². The fourth-order valence-corrected chi connectivity index (χ4v) is 1.90. The van der Waals surface area contributed by atoms with Crippen molar-refractivity contribution in [2.75, 3.05) is 13.2 Å². The average Bonchev–Trinajstić information content (AvgIpc) is 2.37. The molecule has 0 radical (unpaired) electrons. The van der Waals surface area contributed by atoms with Crippen molar-refractivity contribution in [2.24, 2.45) is 0 Å². The maximum Gasteiger partial charge on any atom is 0.302 e. The molecule has 0 spiro atoms. The smallest absolute Gasteiger partial charge is 0.302 e. The molecule has 110 valence electrons. The molecule has 0 saturated heterocycles. The number of carbonyl (C=O) groups excluding carboxylic acids is 2. The second kappa shape index (κ2) is 8.30. The Hall–Kier alpha value is -1.91. The van der Waals surface area contributed by atoms with Gasteiger partial charge in [-0.1, -0.05) is 12.1 Å². The number of hydrogen-bond acceptors (Lipinski definition) is 4. The highest BCUT2D eigenvalue weighted by Crippen LogP contribution is 2.24. The first-order valence-electron chi connectivity index (χ1n) is 6.51. The highest BCUT2D eigenvalue weighted by Gasteiger charge is 2.13. The number of esters is 2. The van der Waals surface area contributed by atoms with Gasteiger partial charge in [-0.3, -0.25) is 9.59 Å². The Morgan fingerprint density at radius 3 is 1.85 bits per heavy atom. The Kier molecular flexibility index (Phi) is 6.70. The maximum absolute atomic E-state index is 12.9. The molecule has 0 N–H and O–H groups in total. The van der Waals surface area contributed by atoms with Gasteiger partial charge in [0.15, 0.2) is 0 Å². The molecule has 0 aliphatic rings. The summed E-state index contributed by atoms with van der Waals surface area (Å²) in [5.41, 5.74) is 0.936. The lowest BCUT2D eigenvalue weighted by Crippen LogP contribution is -2.10. The number of halogens is 1. The van der Waals surface area contributed by atoms with Gasteiger partial charge in [0.2, 0.25) is 0 Å². The summed E-state index contributed by atoms with van der Waals surface area (Å²) in [7, 11) is 0. The molecule has 0 aromatic heterocycles. The average molecular weight is 282 g/mol. The van der Waals surface area contributed by atoms with Crippen LogP contribution in [-0.4, -0.2) is 25.2 Å². The van der Waals surface area contributed by atoms with Crippen LogP contribution < -0.4 is 0 Å². The first-order chi connectivity index (χ1) is 9.49. The fraction of sp³-hybridized carbons (Fsp3) is 0.467. The number of benzene rings is 1. The Morgan fingerprint density at radius 2 is 1.45 bits per heavy atom. The second-order valence-corrected chi connectivity index (χ2v) is 4.51. The van der Waals surface area contributed by atoms with Gasteiger partial charge in [0, 0.05) is 13.8 Å². The second-order valence-electron chi connectivity index (χ2n) is 4.51. The standard InChI is InChI=1S/C15H19FO4/c1-11(17)19-9-7-14(8-10-20-12(2)18)13-3-5-15(16)6-4-13/h3-6,14H,7-10H2,1-2H3. The van der Waals surface area contributed by atoms with E-state index in [4.69, 9.17) is 9.47 Å². The Bertz CT molecular complexity index is 422. The van der Waals surface area contributed by atoms with Gasteiger partial charge in [-0.25, -0.2) is 4.39 Å². The monoisotopic (exact) mass is 282 g/mol. The summed E-state index contributed by atoms with van der Waals surface area (Å²) in [6.07, 6.45) is 1.21. The summed E-state index contributed by atoms with van der Waals surface area (Å²) in [4.78, 5) is 21.5. The molecule has 0 heterocycles. The van der Waals surface area contributed by atoms with Crippen molar-refractivity contribution in [3.05, 3.63) is 35.6 Å². The summed E-state index contributed by atoms with van der Waals surface area (Å²) < 4.78 is 22.8. The largest absolute Gasteiger partial charge is 0.466 e. The van der Waals surface area contributed by atoms with Gasteiger partial charge in [-0.2, -0.15) is 0 Å². The minimum absolute atomic E-state index is 0.0503. The van der Waals surface area contributed by atoms with E-state index in [1.165, 1.54) is 26.0 Å². The van der Waals surface area contributed by atoms with Crippen molar-refractivity contribution in [2.45, 2.75) is 32.6 Å². The van der Waals surface area contributed by atoms with E-state index in [1.807, 2.05) is 0 Å². The molecule has 0 bridgehead atoms. The van der Waals surface area contributed by atoms with Crippen LogP contribution in [0.25, 0.3) is 0 Å². The maximum atomic E-state index is 12.9. The third-order valence-electron chi connectivity index (χ3n) is 2.88. The third kappa shape index (κ3) is 6.31. The van der Waals surface area contributed by atoms with E-state index in [-0.39, 0.29) is 36.9 Å². The Morgan fingerprint density at radius 1 is 1.00 bits per heavy atom. The molecule has 0 unspecified atom stereocenters. The van der Waals surface area contributed by atoms with Gasteiger partial charge in [-0.05, 0) is 36.5 Å². The van der Waals surface area contributed by atoms with E-state index in [1.54, 1.807) is 12.1 Å². The van der Waals surface area contributed by atoms with E-state index < -0.39 is 0 Å². The number of rotatable bonds is 7. The first kappa shape index (κ1) is 16.1. The van der Waals surface area contributed by atoms with E-state index in [0.717, 1.165) is 5.56 Å². The van der Waals surface area contributed by atoms with Gasteiger partial charge < -0.3 is 9.47 Å². The van der Waals surface area contributed by atoms with Crippen LogP contribution in [0.3, 0.4) is 0 Å². The molecule has 0 aliphatic heterocycles. The summed E-state index contributed by atoms with van der Waals surface area (Å²) in [5, 5.41) is 0. The topological polar surface area (TPSA) is 52.6 Å². The first-order valence-corrected chi connectivity index (χ1v) is 6.51. The van der Waals surface area contributed by atoms with Crippen molar-refractivity contribution in [1.82, 2.24) is 0 Å². The summed E-state index contributed by atoms with van der Waals surface area (Å²) in [5.74, 6) is -0.910. The van der Waals surface area contributed by atoms with Crippen molar-refractivity contribution < 1.29 is 23.5 Å². The van der Waals surface area contributed by atoms with Crippen LogP contribution in [0.5, 0.6) is 0 Å². The highest BCUT2D eigenvalue weighted by atomic mass is 19.1. The predicted molar refractivity (Wildman–Crippen MR) is 71.6 cm³/mol. The van der Waals surface area contributed by atoms with Gasteiger partial charge >= 0.3 is 11.9 Å². The normalized spacial score (nSPS) is 10.4. The molecule has 0 aliphatic carbocycles. The van der Waals surface area contributed by atoms with Crippen LogP contribution in [-0.2, 0) is 19.1 Å². The van der Waals surface area contributed by atoms with Crippen molar-refractivity contribution in [3.8, 4) is 0 Å². The van der Waals surface area contributed by atoms with Crippen molar-refractivity contribution in [1.29, 1.82) is 0 Å². The molecule has 0 atom stereocenters. The SMILES string of the molecule is CC(=O)OCCC(CCOC(C)=O)c1ccc(F)cc1. The lowest BCUT2D eigenvalue weighted by Gasteiger charge is -2.17. The highest BCUT2D eigenvalue weighted by molar-refractivity contribution is 5.66. The zero-order chi connectivity index (χ0) is 15.0. The molecule has 0 saturated carbocycles. The van der Waals surface area contributed by atoms with Crippen LogP contribution in [0.1, 0.15) is 38.2 Å². The van der Waals surface area contributed by atoms with E-state index in [2.05, 4.69) is 0 Å². The molecular weight excluding hydrogens is 263 g/mol. The summed E-state index contributed by atoms with van der Waals surface area (Å²) in [6.45, 7) is 3.28. The van der Waals surface area contributed by atoms with Gasteiger partial charge in [0.1, 0.15) is 5.82 Å². The lowest BCUT2D eigenvalue weighted by atomic mass is 9.93. The van der Waals surface area contributed by atoms with Gasteiger partial charge in [0.05, 0.1) is 13.2 Å². The zero-order valence-electron chi connectivity index (χ0n) is 11.7. The van der Waals surface area contributed by atoms with Crippen molar-refractivity contribution in [3.63, 3.8) is 0 Å². The van der Waals surface area contributed by atoms with Gasteiger partial charge in [-0.15, -0.1) is 0 Å². The molecule has 1 aromatic carbocycles. The molecule has 5 heteroatoms. The third-order valence-corrected chi connectivity index (χ3v) is 2.88. The van der Waals surface area contributed by atoms with E-state index >= 15 is 0 Å². The van der Waals surface area contributed by atoms with E-state index in [0.29, 0.717) is 12.8 Å². The zero-order valence-corrected chi connectivity index (χ0v) is 11.7. The van der Waals surface area contributed by atoms with Crippen LogP contribution in [0, 0.1) is 5.82 Å². The van der Waals surface area contributed by atoms with E-state index in [9.17, 15) is 14.0 Å². The molecule has 0 fully saturated rings. The number of hydrogen-bond donors (Lipinski definition) is 0. The molecule has 1 aromatic rings.